The molecular weight excluding hydrogens is 435 g/mol. The number of rotatable bonds is 5. The van der Waals surface area contributed by atoms with E-state index in [9.17, 15) is 9.18 Å². The van der Waals surface area contributed by atoms with Crippen LogP contribution in [0.2, 0.25) is 0 Å². The molecule has 0 N–H and O–H groups in total. The van der Waals surface area contributed by atoms with Gasteiger partial charge in [-0.05, 0) is 60.0 Å². The molecule has 1 heterocycles. The first-order valence-electron chi connectivity index (χ1n) is 9.28. The van der Waals surface area contributed by atoms with Crippen LogP contribution < -0.4 is 4.74 Å². The van der Waals surface area contributed by atoms with Crippen LogP contribution in [0.25, 0.3) is 21.6 Å². The van der Waals surface area contributed by atoms with Gasteiger partial charge in [0.05, 0.1) is 5.92 Å². The number of hydrogen-bond donors (Lipinski definition) is 0. The maximum absolute atomic E-state index is 14.6. The highest BCUT2D eigenvalue weighted by atomic mass is 32.9. The minimum Gasteiger partial charge on any atom is -0.426 e. The van der Waals surface area contributed by atoms with Gasteiger partial charge in [-0.1, -0.05) is 75.4 Å². The molecule has 1 aromatic heterocycles. The number of carbonyl (C=O) groups excluding carboxylic acids is 1. The van der Waals surface area contributed by atoms with Gasteiger partial charge in [-0.2, -0.15) is 0 Å². The van der Waals surface area contributed by atoms with Gasteiger partial charge in [0, 0.05) is 10.4 Å². The Labute approximate surface area is 186 Å². The third kappa shape index (κ3) is 4.56. The molecule has 1 unspecified atom stereocenters. The SMILES string of the molecule is CC(C(=O)Oc1ccc(-c2cc(=S)ss2)cc1)c1ccc(-c2ccccc2)c(F)c1. The number of ether oxygens (including phenoxy) is 1. The van der Waals surface area contributed by atoms with Crippen molar-refractivity contribution in [3.05, 3.63) is 94.1 Å². The van der Waals surface area contributed by atoms with Gasteiger partial charge in [-0.15, -0.1) is 0 Å². The Morgan fingerprint density at radius 3 is 2.30 bits per heavy atom. The lowest BCUT2D eigenvalue weighted by molar-refractivity contribution is -0.135. The summed E-state index contributed by atoms with van der Waals surface area (Å²) in [4.78, 5) is 13.7. The molecule has 0 aliphatic rings. The van der Waals surface area contributed by atoms with Crippen LogP contribution in [0.3, 0.4) is 0 Å². The van der Waals surface area contributed by atoms with Crippen LogP contribution in [0, 0.1) is 9.64 Å². The number of benzene rings is 3. The zero-order valence-electron chi connectivity index (χ0n) is 16.0. The van der Waals surface area contributed by atoms with E-state index in [1.165, 1.54) is 6.07 Å². The van der Waals surface area contributed by atoms with Crippen molar-refractivity contribution in [3.8, 4) is 27.3 Å². The summed E-state index contributed by atoms with van der Waals surface area (Å²) < 4.78 is 21.0. The molecule has 4 aromatic rings. The predicted octanol–water partition coefficient (Wildman–Crippen LogP) is 7.72. The van der Waals surface area contributed by atoms with Crippen LogP contribution in [-0.2, 0) is 4.79 Å². The fourth-order valence-electron chi connectivity index (χ4n) is 3.05. The molecule has 6 heteroatoms. The van der Waals surface area contributed by atoms with E-state index in [2.05, 4.69) is 0 Å². The normalized spacial score (nSPS) is 11.8. The summed E-state index contributed by atoms with van der Waals surface area (Å²) in [5, 5.41) is 0. The second-order valence-electron chi connectivity index (χ2n) is 6.77. The lowest BCUT2D eigenvalue weighted by Gasteiger charge is -2.13. The largest absolute Gasteiger partial charge is 0.426 e. The van der Waals surface area contributed by atoms with E-state index in [1.54, 1.807) is 51.9 Å². The zero-order valence-corrected chi connectivity index (χ0v) is 18.5. The molecule has 0 radical (unpaired) electrons. The third-order valence-electron chi connectivity index (χ3n) is 4.75. The Morgan fingerprint density at radius 1 is 0.933 bits per heavy atom. The molecule has 4 rings (SSSR count). The van der Waals surface area contributed by atoms with Crippen LogP contribution in [0.5, 0.6) is 5.75 Å². The first-order chi connectivity index (χ1) is 14.5. The summed E-state index contributed by atoms with van der Waals surface area (Å²) in [6, 6.07) is 23.5. The summed E-state index contributed by atoms with van der Waals surface area (Å²) in [6.07, 6.45) is 0. The third-order valence-corrected chi connectivity index (χ3v) is 7.66. The standard InChI is InChI=1S/C24H17FO2S3/c1-15(18-9-12-20(21(25)13-18)16-5-3-2-4-6-16)24(26)27-19-10-7-17(8-11-19)22-14-23(28)30-29-22/h2-15H,1H3. The van der Waals surface area contributed by atoms with E-state index >= 15 is 0 Å². The van der Waals surface area contributed by atoms with Gasteiger partial charge in [0.25, 0.3) is 0 Å². The summed E-state index contributed by atoms with van der Waals surface area (Å²) in [6.45, 7) is 1.71. The second-order valence-corrected chi connectivity index (χ2v) is 9.68. The highest BCUT2D eigenvalue weighted by Gasteiger charge is 2.19. The number of carbonyl (C=O) groups is 1. The molecule has 2 nitrogen and oxygen atoms in total. The minimum absolute atomic E-state index is 0.360. The van der Waals surface area contributed by atoms with Gasteiger partial charge in [0.1, 0.15) is 15.4 Å². The van der Waals surface area contributed by atoms with Crippen molar-refractivity contribution in [2.75, 3.05) is 0 Å². The van der Waals surface area contributed by atoms with E-state index in [-0.39, 0.29) is 5.82 Å². The van der Waals surface area contributed by atoms with Crippen molar-refractivity contribution < 1.29 is 13.9 Å². The summed E-state index contributed by atoms with van der Waals surface area (Å²) >= 11 is 5.17. The first-order valence-corrected chi connectivity index (χ1v) is 11.8. The number of hydrogen-bond acceptors (Lipinski definition) is 5. The van der Waals surface area contributed by atoms with Crippen LogP contribution >= 0.6 is 32.9 Å². The Hall–Kier alpha value is -2.67. The Kier molecular flexibility index (Phi) is 6.18. The van der Waals surface area contributed by atoms with Gasteiger partial charge < -0.3 is 4.74 Å². The fraction of sp³-hybridized carbons (Fsp3) is 0.0833. The van der Waals surface area contributed by atoms with Crippen LogP contribution in [-0.4, -0.2) is 5.97 Å². The molecule has 0 fully saturated rings. The van der Waals surface area contributed by atoms with Crippen molar-refractivity contribution in [1.82, 2.24) is 0 Å². The van der Waals surface area contributed by atoms with Gasteiger partial charge >= 0.3 is 5.97 Å². The van der Waals surface area contributed by atoms with Crippen LogP contribution in [0.1, 0.15) is 18.4 Å². The van der Waals surface area contributed by atoms with Gasteiger partial charge in [0.15, 0.2) is 0 Å². The van der Waals surface area contributed by atoms with Crippen LogP contribution in [0.15, 0.2) is 78.9 Å². The van der Waals surface area contributed by atoms with E-state index < -0.39 is 11.9 Å². The monoisotopic (exact) mass is 452 g/mol. The molecule has 0 bridgehead atoms. The molecule has 3 aromatic carbocycles. The Bertz CT molecular complexity index is 1230. The maximum atomic E-state index is 14.6. The zero-order chi connectivity index (χ0) is 21.1. The smallest absolute Gasteiger partial charge is 0.318 e. The molecule has 0 saturated carbocycles. The van der Waals surface area contributed by atoms with Gasteiger partial charge in [0.2, 0.25) is 0 Å². The number of halogens is 1. The molecule has 0 saturated heterocycles. The number of esters is 1. The predicted molar refractivity (Wildman–Crippen MR) is 124 cm³/mol. The average molecular weight is 453 g/mol. The topological polar surface area (TPSA) is 26.3 Å². The molecule has 30 heavy (non-hydrogen) atoms. The van der Waals surface area contributed by atoms with Gasteiger partial charge in [-0.25, -0.2) is 4.39 Å². The highest BCUT2D eigenvalue weighted by molar-refractivity contribution is 7.80. The van der Waals surface area contributed by atoms with E-state index in [1.807, 2.05) is 48.5 Å². The summed E-state index contributed by atoms with van der Waals surface area (Å²) in [7, 11) is 3.18. The minimum atomic E-state index is -0.592. The van der Waals surface area contributed by atoms with Crippen LogP contribution in [0.4, 0.5) is 4.39 Å². The fourth-order valence-corrected chi connectivity index (χ4v) is 5.46. The molecule has 1 atom stereocenters. The second kappa shape index (κ2) is 9.00. The first kappa shape index (κ1) is 20.6. The molecule has 150 valence electrons. The molecule has 0 amide bonds. The maximum Gasteiger partial charge on any atom is 0.318 e. The van der Waals surface area contributed by atoms with Crippen molar-refractivity contribution >= 4 is 38.9 Å². The highest BCUT2D eigenvalue weighted by Crippen LogP contribution is 2.31. The molecule has 0 spiro atoms. The van der Waals surface area contributed by atoms with Crippen molar-refractivity contribution in [2.24, 2.45) is 0 Å². The Morgan fingerprint density at radius 2 is 1.67 bits per heavy atom. The van der Waals surface area contributed by atoms with E-state index in [0.717, 1.165) is 19.8 Å². The lowest BCUT2D eigenvalue weighted by atomic mass is 9.97. The van der Waals surface area contributed by atoms with Crippen molar-refractivity contribution in [1.29, 1.82) is 0 Å². The van der Waals surface area contributed by atoms with E-state index in [4.69, 9.17) is 17.0 Å². The van der Waals surface area contributed by atoms with Crippen molar-refractivity contribution in [3.63, 3.8) is 0 Å². The average Bonchev–Trinajstić information content (AvgIpc) is 3.20. The van der Waals surface area contributed by atoms with Crippen molar-refractivity contribution in [2.45, 2.75) is 12.8 Å². The van der Waals surface area contributed by atoms with Gasteiger partial charge in [-0.3, -0.25) is 4.79 Å². The summed E-state index contributed by atoms with van der Waals surface area (Å²) in [5.74, 6) is -0.927. The van der Waals surface area contributed by atoms with E-state index in [0.29, 0.717) is 16.9 Å². The summed E-state index contributed by atoms with van der Waals surface area (Å²) in [5.41, 5.74) is 2.91. The quantitative estimate of drug-likeness (QED) is 0.134. The Balaban J connectivity index is 1.47. The molecule has 0 aliphatic heterocycles. The molecular formula is C24H17FO2S3. The lowest BCUT2D eigenvalue weighted by Crippen LogP contribution is -2.16. The molecule has 0 aliphatic carbocycles.